The number of hydrogen-bond donors (Lipinski definition) is 1. The molecule has 84 valence electrons. The van der Waals surface area contributed by atoms with Crippen molar-refractivity contribution < 1.29 is 9.90 Å². The Kier molecular flexibility index (Phi) is 1.79. The van der Waals surface area contributed by atoms with Crippen molar-refractivity contribution in [1.29, 1.82) is 0 Å². The van der Waals surface area contributed by atoms with Gasteiger partial charge in [0, 0.05) is 6.20 Å². The molecule has 0 unspecified atom stereocenters. The van der Waals surface area contributed by atoms with Crippen LogP contribution in [0.5, 0.6) is 0 Å². The van der Waals surface area contributed by atoms with Crippen molar-refractivity contribution in [3.8, 4) is 0 Å². The molecule has 0 amide bonds. The van der Waals surface area contributed by atoms with E-state index in [0.29, 0.717) is 16.8 Å². The van der Waals surface area contributed by atoms with Gasteiger partial charge in [-0.25, -0.2) is 9.38 Å². The summed E-state index contributed by atoms with van der Waals surface area (Å²) >= 11 is 0. The van der Waals surface area contributed by atoms with E-state index in [-0.39, 0.29) is 0 Å². The van der Waals surface area contributed by atoms with E-state index in [1.807, 2.05) is 6.07 Å². The Morgan fingerprint density at radius 2 is 2.12 bits per heavy atom. The van der Waals surface area contributed by atoms with Crippen molar-refractivity contribution in [2.45, 2.75) is 0 Å². The number of aromatic amines is 1. The standard InChI is InChI=1S/C11H7N3O3/c15-9-6(10(16)17)5-12-11-13-7-3-1-2-4-8(7)14(9)11/h1-5H,(H,12,13)(H,16,17)/p-1. The maximum atomic E-state index is 11.9. The SMILES string of the molecule is O=C([O-])c1cnc2[nH]c3ccccc3n2c1=O. The number of nitrogens with one attached hydrogen (secondary N) is 1. The molecule has 0 bridgehead atoms. The number of nitrogens with zero attached hydrogens (tertiary/aromatic N) is 2. The minimum Gasteiger partial charge on any atom is -0.545 e. The van der Waals surface area contributed by atoms with Crippen molar-refractivity contribution >= 4 is 22.8 Å². The highest BCUT2D eigenvalue weighted by molar-refractivity contribution is 5.86. The van der Waals surface area contributed by atoms with Gasteiger partial charge in [-0.2, -0.15) is 0 Å². The van der Waals surface area contributed by atoms with Gasteiger partial charge in [0.25, 0.3) is 5.56 Å². The molecule has 2 heterocycles. The van der Waals surface area contributed by atoms with E-state index < -0.39 is 17.1 Å². The number of carbonyl (C=O) groups excluding carboxylic acids is 1. The molecule has 0 atom stereocenters. The number of aromatic nitrogens is 3. The van der Waals surface area contributed by atoms with Gasteiger partial charge in [0.1, 0.15) is 0 Å². The molecule has 0 saturated heterocycles. The third-order valence-corrected chi connectivity index (χ3v) is 2.57. The molecule has 6 heteroatoms. The maximum absolute atomic E-state index is 11.9. The molecule has 0 saturated carbocycles. The van der Waals surface area contributed by atoms with Crippen molar-refractivity contribution in [2.24, 2.45) is 0 Å². The second-order valence-corrected chi connectivity index (χ2v) is 3.57. The van der Waals surface area contributed by atoms with Gasteiger partial charge in [0.2, 0.25) is 5.78 Å². The van der Waals surface area contributed by atoms with E-state index in [2.05, 4.69) is 9.97 Å². The van der Waals surface area contributed by atoms with E-state index in [4.69, 9.17) is 0 Å². The molecule has 1 N–H and O–H groups in total. The molecule has 17 heavy (non-hydrogen) atoms. The van der Waals surface area contributed by atoms with Gasteiger partial charge in [-0.3, -0.25) is 4.79 Å². The van der Waals surface area contributed by atoms with Crippen molar-refractivity contribution in [1.82, 2.24) is 14.4 Å². The van der Waals surface area contributed by atoms with Crippen LogP contribution in [0.25, 0.3) is 16.8 Å². The van der Waals surface area contributed by atoms with E-state index in [9.17, 15) is 14.7 Å². The topological polar surface area (TPSA) is 90.3 Å². The largest absolute Gasteiger partial charge is 0.545 e. The average molecular weight is 228 g/mol. The van der Waals surface area contributed by atoms with Gasteiger partial charge in [0.15, 0.2) is 0 Å². The number of imidazole rings is 1. The van der Waals surface area contributed by atoms with E-state index >= 15 is 0 Å². The Balaban J connectivity index is 2.57. The minimum atomic E-state index is -1.53. The Bertz CT molecular complexity index is 800. The number of carbonyl (C=O) groups is 1. The predicted molar refractivity (Wildman–Crippen MR) is 57.6 cm³/mol. The van der Waals surface area contributed by atoms with Gasteiger partial charge in [0.05, 0.1) is 22.6 Å². The minimum absolute atomic E-state index is 0.307. The molecule has 3 aromatic rings. The van der Waals surface area contributed by atoms with Crippen LogP contribution in [0.1, 0.15) is 10.4 Å². The number of H-pyrrole nitrogens is 1. The van der Waals surface area contributed by atoms with Gasteiger partial charge < -0.3 is 14.9 Å². The first-order valence-electron chi connectivity index (χ1n) is 4.88. The van der Waals surface area contributed by atoms with Gasteiger partial charge in [-0.15, -0.1) is 0 Å². The van der Waals surface area contributed by atoms with Crippen LogP contribution < -0.4 is 10.7 Å². The molecule has 0 aliphatic carbocycles. The molecule has 2 aromatic heterocycles. The third-order valence-electron chi connectivity index (χ3n) is 2.57. The van der Waals surface area contributed by atoms with Crippen LogP contribution in [0.2, 0.25) is 0 Å². The highest BCUT2D eigenvalue weighted by atomic mass is 16.4. The van der Waals surface area contributed by atoms with Crippen LogP contribution in [0, 0.1) is 0 Å². The summed E-state index contributed by atoms with van der Waals surface area (Å²) in [4.78, 5) is 29.5. The first-order valence-corrected chi connectivity index (χ1v) is 4.88. The number of rotatable bonds is 1. The number of fused-ring (bicyclic) bond motifs is 3. The summed E-state index contributed by atoms with van der Waals surface area (Å²) in [6, 6.07) is 7.05. The summed E-state index contributed by atoms with van der Waals surface area (Å²) in [5, 5.41) is 10.7. The fraction of sp³-hybridized carbons (Fsp3) is 0. The highest BCUT2D eigenvalue weighted by Crippen LogP contribution is 2.12. The summed E-state index contributed by atoms with van der Waals surface area (Å²) in [6.07, 6.45) is 1.00. The van der Waals surface area contributed by atoms with Gasteiger partial charge in [-0.05, 0) is 12.1 Å². The zero-order chi connectivity index (χ0) is 12.0. The Morgan fingerprint density at radius 1 is 1.35 bits per heavy atom. The zero-order valence-corrected chi connectivity index (χ0v) is 8.51. The lowest BCUT2D eigenvalue weighted by Gasteiger charge is -2.01. The third kappa shape index (κ3) is 1.24. The number of hydrogen-bond acceptors (Lipinski definition) is 4. The number of carboxylic acid groups (broad SMARTS) is 1. The normalized spacial score (nSPS) is 11.1. The molecule has 1 aromatic carbocycles. The van der Waals surface area contributed by atoms with E-state index in [1.165, 1.54) is 4.40 Å². The van der Waals surface area contributed by atoms with Crippen LogP contribution in [-0.2, 0) is 0 Å². The monoisotopic (exact) mass is 228 g/mol. The predicted octanol–water partition coefficient (Wildman–Crippen LogP) is -0.461. The summed E-state index contributed by atoms with van der Waals surface area (Å²) in [7, 11) is 0. The number of carboxylic acids is 1. The Morgan fingerprint density at radius 3 is 2.88 bits per heavy atom. The molecule has 0 fully saturated rings. The van der Waals surface area contributed by atoms with Crippen molar-refractivity contribution in [3.63, 3.8) is 0 Å². The number of aromatic carboxylic acids is 1. The lowest BCUT2D eigenvalue weighted by atomic mass is 10.3. The molecule has 0 radical (unpaired) electrons. The first kappa shape index (κ1) is 9.59. The Hall–Kier alpha value is -2.63. The van der Waals surface area contributed by atoms with Gasteiger partial charge >= 0.3 is 0 Å². The average Bonchev–Trinajstić information content (AvgIpc) is 2.67. The first-order chi connectivity index (χ1) is 8.18. The summed E-state index contributed by atoms with van der Waals surface area (Å²) < 4.78 is 1.22. The van der Waals surface area contributed by atoms with Crippen LogP contribution in [-0.4, -0.2) is 20.3 Å². The summed E-state index contributed by atoms with van der Waals surface area (Å²) in [5.41, 5.74) is 0.204. The summed E-state index contributed by atoms with van der Waals surface area (Å²) in [6.45, 7) is 0. The van der Waals surface area contributed by atoms with Crippen LogP contribution in [0.4, 0.5) is 0 Å². The molecule has 0 aliphatic heterocycles. The zero-order valence-electron chi connectivity index (χ0n) is 8.51. The number of benzene rings is 1. The van der Waals surface area contributed by atoms with Crippen molar-refractivity contribution in [2.75, 3.05) is 0 Å². The summed E-state index contributed by atoms with van der Waals surface area (Å²) in [5.74, 6) is -1.22. The lowest BCUT2D eigenvalue weighted by Crippen LogP contribution is -2.31. The van der Waals surface area contributed by atoms with Crippen LogP contribution in [0.15, 0.2) is 35.3 Å². The van der Waals surface area contributed by atoms with Crippen molar-refractivity contribution in [3.05, 3.63) is 46.4 Å². The molecular weight excluding hydrogens is 222 g/mol. The smallest absolute Gasteiger partial charge is 0.268 e. The molecule has 0 spiro atoms. The molecule has 3 rings (SSSR count). The van der Waals surface area contributed by atoms with Gasteiger partial charge in [-0.1, -0.05) is 12.1 Å². The second-order valence-electron chi connectivity index (χ2n) is 3.57. The fourth-order valence-corrected chi connectivity index (χ4v) is 1.80. The lowest BCUT2D eigenvalue weighted by molar-refractivity contribution is -0.255. The van der Waals surface area contributed by atoms with E-state index in [0.717, 1.165) is 6.20 Å². The number of para-hydroxylation sites is 2. The Labute approximate surface area is 94.2 Å². The quantitative estimate of drug-likeness (QED) is 0.610. The van der Waals surface area contributed by atoms with Crippen LogP contribution >= 0.6 is 0 Å². The molecule has 6 nitrogen and oxygen atoms in total. The highest BCUT2D eigenvalue weighted by Gasteiger charge is 2.10. The maximum Gasteiger partial charge on any atom is 0.268 e. The molecule has 0 aliphatic rings. The van der Waals surface area contributed by atoms with E-state index in [1.54, 1.807) is 18.2 Å². The fourth-order valence-electron chi connectivity index (χ4n) is 1.80. The second kappa shape index (κ2) is 3.18. The molecular formula is C11H6N3O3-. The van der Waals surface area contributed by atoms with Crippen LogP contribution in [0.3, 0.4) is 0 Å².